The highest BCUT2D eigenvalue weighted by Gasteiger charge is 2.22. The average Bonchev–Trinajstić information content (AvgIpc) is 3.26. The molecule has 0 aliphatic heterocycles. The van der Waals surface area contributed by atoms with E-state index in [-0.39, 0.29) is 5.56 Å². The Hall–Kier alpha value is -3.43. The summed E-state index contributed by atoms with van der Waals surface area (Å²) >= 11 is 2.55. The summed E-state index contributed by atoms with van der Waals surface area (Å²) < 4.78 is 1.60. The Kier molecular flexibility index (Phi) is 6.90. The van der Waals surface area contributed by atoms with E-state index < -0.39 is 17.2 Å². The van der Waals surface area contributed by atoms with Crippen molar-refractivity contribution >= 4 is 45.3 Å². The number of nitrogens with one attached hydrogen (secondary N) is 2. The minimum absolute atomic E-state index is 0.162. The smallest absolute Gasteiger partial charge is 0.321 e. The predicted octanol–water partition coefficient (Wildman–Crippen LogP) is 4.11. The van der Waals surface area contributed by atoms with Gasteiger partial charge in [-0.25, -0.2) is 9.78 Å². The van der Waals surface area contributed by atoms with Crippen LogP contribution in [-0.4, -0.2) is 33.8 Å². The highest BCUT2D eigenvalue weighted by atomic mass is 32.2. The first-order valence-electron chi connectivity index (χ1n) is 10.3. The fraction of sp³-hybridized carbons (Fsp3) is 0.167. The molecule has 0 radical (unpaired) electrons. The lowest BCUT2D eigenvalue weighted by molar-refractivity contribution is -0.119. The zero-order valence-electron chi connectivity index (χ0n) is 18.1. The fourth-order valence-corrected chi connectivity index (χ4v) is 5.22. The molecular weight excluding hydrogens is 456 g/mol. The summed E-state index contributed by atoms with van der Waals surface area (Å²) in [7, 11) is 1.44. The molecule has 0 saturated carbocycles. The van der Waals surface area contributed by atoms with Gasteiger partial charge in [-0.2, -0.15) is 0 Å². The molecule has 4 rings (SSSR count). The molecule has 2 aromatic carbocycles. The van der Waals surface area contributed by atoms with Crippen LogP contribution in [-0.2, 0) is 11.3 Å². The van der Waals surface area contributed by atoms with Crippen LogP contribution in [0, 0.1) is 0 Å². The summed E-state index contributed by atoms with van der Waals surface area (Å²) in [6.45, 7) is 1.99. The number of rotatable bonds is 6. The van der Waals surface area contributed by atoms with Gasteiger partial charge in [0.2, 0.25) is 5.91 Å². The van der Waals surface area contributed by atoms with E-state index in [1.807, 2.05) is 66.0 Å². The van der Waals surface area contributed by atoms with Crippen LogP contribution in [0.1, 0.15) is 12.5 Å². The number of urea groups is 1. The second kappa shape index (κ2) is 10.0. The maximum atomic E-state index is 13.7. The van der Waals surface area contributed by atoms with E-state index in [1.165, 1.54) is 18.4 Å². The third kappa shape index (κ3) is 4.99. The number of hydrogen-bond donors (Lipinski definition) is 2. The number of benzene rings is 2. The number of imide groups is 1. The Morgan fingerprint density at radius 1 is 1.09 bits per heavy atom. The summed E-state index contributed by atoms with van der Waals surface area (Å²) in [4.78, 5) is 43.1. The second-order valence-corrected chi connectivity index (χ2v) is 9.46. The van der Waals surface area contributed by atoms with Gasteiger partial charge >= 0.3 is 6.03 Å². The molecule has 33 heavy (non-hydrogen) atoms. The van der Waals surface area contributed by atoms with Crippen molar-refractivity contribution in [3.05, 3.63) is 82.0 Å². The Morgan fingerprint density at radius 2 is 1.76 bits per heavy atom. The fourth-order valence-electron chi connectivity index (χ4n) is 3.32. The Bertz CT molecular complexity index is 1350. The minimum atomic E-state index is -0.637. The van der Waals surface area contributed by atoms with Gasteiger partial charge < -0.3 is 5.32 Å². The van der Waals surface area contributed by atoms with Crippen molar-refractivity contribution in [1.29, 1.82) is 0 Å². The summed E-state index contributed by atoms with van der Waals surface area (Å²) in [5.41, 5.74) is 2.58. The van der Waals surface area contributed by atoms with E-state index in [2.05, 4.69) is 10.6 Å². The predicted molar refractivity (Wildman–Crippen MR) is 133 cm³/mol. The van der Waals surface area contributed by atoms with Gasteiger partial charge in [0.25, 0.3) is 5.56 Å². The number of hydrogen-bond acceptors (Lipinski definition) is 6. The lowest BCUT2D eigenvalue weighted by atomic mass is 10.1. The van der Waals surface area contributed by atoms with Crippen molar-refractivity contribution in [3.8, 4) is 11.1 Å². The van der Waals surface area contributed by atoms with Gasteiger partial charge in [0, 0.05) is 18.0 Å². The molecule has 0 unspecified atom stereocenters. The molecule has 2 aromatic heterocycles. The number of amides is 3. The number of carbonyl (C=O) groups excluding carboxylic acids is 2. The summed E-state index contributed by atoms with van der Waals surface area (Å²) in [6, 6.07) is 18.8. The van der Waals surface area contributed by atoms with Crippen molar-refractivity contribution in [2.45, 2.75) is 23.9 Å². The summed E-state index contributed by atoms with van der Waals surface area (Å²) in [5, 5.41) is 6.93. The molecule has 0 fully saturated rings. The molecule has 2 N–H and O–H groups in total. The quantitative estimate of drug-likeness (QED) is 0.321. The van der Waals surface area contributed by atoms with Crippen molar-refractivity contribution in [3.63, 3.8) is 0 Å². The van der Waals surface area contributed by atoms with E-state index in [9.17, 15) is 14.4 Å². The first-order chi connectivity index (χ1) is 16.0. The molecular formula is C24H22N4O3S2. The van der Waals surface area contributed by atoms with Crippen molar-refractivity contribution in [2.75, 3.05) is 7.05 Å². The zero-order valence-corrected chi connectivity index (χ0v) is 19.7. The van der Waals surface area contributed by atoms with Crippen LogP contribution in [0.3, 0.4) is 0 Å². The molecule has 0 aliphatic rings. The number of aromatic nitrogens is 2. The van der Waals surface area contributed by atoms with E-state index in [0.29, 0.717) is 21.9 Å². The van der Waals surface area contributed by atoms with Gasteiger partial charge in [-0.05, 0) is 18.1 Å². The molecule has 2 heterocycles. The normalized spacial score (nSPS) is 11.8. The summed E-state index contributed by atoms with van der Waals surface area (Å²) in [5.74, 6) is -0.462. The van der Waals surface area contributed by atoms with Crippen molar-refractivity contribution < 1.29 is 9.59 Å². The molecule has 0 spiro atoms. The zero-order chi connectivity index (χ0) is 23.4. The van der Waals surface area contributed by atoms with Gasteiger partial charge in [0.15, 0.2) is 5.16 Å². The molecule has 4 aromatic rings. The van der Waals surface area contributed by atoms with Gasteiger partial charge in [0.05, 0.1) is 17.2 Å². The van der Waals surface area contributed by atoms with E-state index in [4.69, 9.17) is 4.98 Å². The van der Waals surface area contributed by atoms with Crippen molar-refractivity contribution in [1.82, 2.24) is 20.2 Å². The number of carbonyl (C=O) groups is 2. The topological polar surface area (TPSA) is 93.1 Å². The van der Waals surface area contributed by atoms with Gasteiger partial charge in [-0.3, -0.25) is 19.5 Å². The van der Waals surface area contributed by atoms with E-state index >= 15 is 0 Å². The van der Waals surface area contributed by atoms with Crippen LogP contribution in [0.25, 0.3) is 21.3 Å². The van der Waals surface area contributed by atoms with Crippen LogP contribution in [0.2, 0.25) is 0 Å². The van der Waals surface area contributed by atoms with E-state index in [1.54, 1.807) is 11.5 Å². The van der Waals surface area contributed by atoms with Crippen LogP contribution in [0.5, 0.6) is 0 Å². The Balaban J connectivity index is 1.80. The maximum Gasteiger partial charge on any atom is 0.321 e. The minimum Gasteiger partial charge on any atom is -0.341 e. The molecule has 1 atom stereocenters. The Morgan fingerprint density at radius 3 is 2.42 bits per heavy atom. The van der Waals surface area contributed by atoms with Gasteiger partial charge in [-0.1, -0.05) is 72.4 Å². The molecule has 7 nitrogen and oxygen atoms in total. The number of nitrogens with zero attached hydrogens (tertiary/aromatic N) is 2. The molecule has 0 saturated heterocycles. The average molecular weight is 479 g/mol. The first kappa shape index (κ1) is 22.8. The first-order valence-corrected chi connectivity index (χ1v) is 12.0. The van der Waals surface area contributed by atoms with Crippen LogP contribution in [0.15, 0.2) is 76.0 Å². The van der Waals surface area contributed by atoms with Gasteiger partial charge in [0.1, 0.15) is 4.83 Å². The molecule has 9 heteroatoms. The number of thiophene rings is 1. The highest BCUT2D eigenvalue weighted by Crippen LogP contribution is 2.33. The largest absolute Gasteiger partial charge is 0.341 e. The highest BCUT2D eigenvalue weighted by molar-refractivity contribution is 8.00. The third-order valence-corrected chi connectivity index (χ3v) is 7.00. The number of fused-ring (bicyclic) bond motifs is 1. The lowest BCUT2D eigenvalue weighted by Gasteiger charge is -2.16. The van der Waals surface area contributed by atoms with E-state index in [0.717, 1.165) is 28.5 Å². The molecule has 168 valence electrons. The van der Waals surface area contributed by atoms with Crippen LogP contribution in [0.4, 0.5) is 4.79 Å². The molecule has 3 amide bonds. The third-order valence-electron chi connectivity index (χ3n) is 5.04. The van der Waals surface area contributed by atoms with Crippen LogP contribution < -0.4 is 16.2 Å². The summed E-state index contributed by atoms with van der Waals surface area (Å²) in [6.07, 6.45) is 0. The Labute approximate surface area is 198 Å². The SMILES string of the molecule is CNC(=O)NC(=O)[C@H](C)Sc1nc2scc(-c3ccccc3)c2c(=O)n1Cc1ccccc1. The van der Waals surface area contributed by atoms with Crippen molar-refractivity contribution in [2.24, 2.45) is 0 Å². The maximum absolute atomic E-state index is 13.7. The number of thioether (sulfide) groups is 1. The van der Waals surface area contributed by atoms with Gasteiger partial charge in [-0.15, -0.1) is 11.3 Å². The van der Waals surface area contributed by atoms with Crippen LogP contribution >= 0.6 is 23.1 Å². The lowest BCUT2D eigenvalue weighted by Crippen LogP contribution is -2.41. The molecule has 0 bridgehead atoms. The monoisotopic (exact) mass is 478 g/mol. The molecule has 0 aliphatic carbocycles. The standard InChI is InChI=1S/C24H22N4O3S2/c1-15(20(29)26-23(31)25-2)33-24-27-21-19(18(14-32-21)17-11-7-4-8-12-17)22(30)28(24)13-16-9-5-3-6-10-16/h3-12,14-15H,13H2,1-2H3,(H2,25,26,29,31)/t15-/m0/s1. The second-order valence-electron chi connectivity index (χ2n) is 7.30.